The quantitative estimate of drug-likeness (QED) is 0.170. The molecule has 10 nitrogen and oxygen atoms in total. The van der Waals surface area contributed by atoms with Gasteiger partial charge in [-0.3, -0.25) is 14.4 Å². The molecule has 1 saturated heterocycles. The smallest absolute Gasteiger partial charge is 0.326 e. The number of unbranched alkanes of at least 4 members (excludes halogenated alkanes) is 1. The highest BCUT2D eigenvalue weighted by molar-refractivity contribution is 7.98. The second kappa shape index (κ2) is 16.2. The molecular weight excluding hydrogens is 482 g/mol. The van der Waals surface area contributed by atoms with Crippen molar-refractivity contribution in [3.05, 3.63) is 35.9 Å². The molecule has 1 aromatic carbocycles. The molecule has 11 heteroatoms. The predicted octanol–water partition coefficient (Wildman–Crippen LogP) is 0.402. The lowest BCUT2D eigenvalue weighted by Gasteiger charge is -2.25. The fourth-order valence-corrected chi connectivity index (χ4v) is 4.51. The number of carboxylic acids is 1. The maximum Gasteiger partial charge on any atom is 0.326 e. The van der Waals surface area contributed by atoms with Crippen LogP contribution in [0, 0.1) is 0 Å². The van der Waals surface area contributed by atoms with Crippen LogP contribution >= 0.6 is 11.8 Å². The topological polar surface area (TPSA) is 163 Å². The Balaban J connectivity index is 2.09. The molecule has 0 bridgehead atoms. The average molecular weight is 522 g/mol. The summed E-state index contributed by atoms with van der Waals surface area (Å²) in [5.74, 6) is -1.77. The fraction of sp³-hybridized carbons (Fsp3) is 0.600. The number of thioether (sulfide) groups is 1. The van der Waals surface area contributed by atoms with Crippen LogP contribution in [0.5, 0.6) is 0 Å². The molecule has 3 amide bonds. The zero-order chi connectivity index (χ0) is 26.3. The molecule has 1 aliphatic rings. The fourth-order valence-electron chi connectivity index (χ4n) is 4.04. The Kier molecular flexibility index (Phi) is 13.3. The van der Waals surface area contributed by atoms with E-state index in [1.54, 1.807) is 36.0 Å². The number of carbonyl (C=O) groups excluding carboxylic acids is 3. The number of hydrogen-bond donors (Lipinski definition) is 6. The number of carboxylic acid groups (broad SMARTS) is 1. The van der Waals surface area contributed by atoms with Crippen molar-refractivity contribution in [3.63, 3.8) is 0 Å². The SMILES string of the molecule is CSCCC(NC(=O)C1CCCN1)C(=O)NC(CCCCN)C(=O)NC(Cc1ccccc1)C(=O)O. The third-order valence-electron chi connectivity index (χ3n) is 6.10. The van der Waals surface area contributed by atoms with Gasteiger partial charge in [0, 0.05) is 6.42 Å². The van der Waals surface area contributed by atoms with E-state index in [0.29, 0.717) is 44.4 Å². The zero-order valence-corrected chi connectivity index (χ0v) is 21.6. The van der Waals surface area contributed by atoms with E-state index < -0.39 is 35.9 Å². The van der Waals surface area contributed by atoms with Gasteiger partial charge in [-0.25, -0.2) is 4.79 Å². The molecule has 0 aliphatic carbocycles. The van der Waals surface area contributed by atoms with E-state index in [4.69, 9.17) is 5.73 Å². The van der Waals surface area contributed by atoms with Crippen LogP contribution in [-0.4, -0.2) is 78.1 Å². The summed E-state index contributed by atoms with van der Waals surface area (Å²) < 4.78 is 0. The number of hydrogen-bond acceptors (Lipinski definition) is 7. The predicted molar refractivity (Wildman–Crippen MR) is 141 cm³/mol. The number of nitrogens with two attached hydrogens (primary N) is 1. The van der Waals surface area contributed by atoms with Crippen molar-refractivity contribution >= 4 is 35.5 Å². The molecule has 1 aliphatic heterocycles. The van der Waals surface area contributed by atoms with Crippen LogP contribution in [-0.2, 0) is 25.6 Å². The van der Waals surface area contributed by atoms with Gasteiger partial charge in [-0.05, 0) is 69.2 Å². The van der Waals surface area contributed by atoms with Gasteiger partial charge in [0.1, 0.15) is 18.1 Å². The molecule has 7 N–H and O–H groups in total. The normalized spacial score (nSPS) is 17.6. The molecule has 2 rings (SSSR count). The van der Waals surface area contributed by atoms with Crippen LogP contribution in [0.2, 0.25) is 0 Å². The molecule has 36 heavy (non-hydrogen) atoms. The lowest BCUT2D eigenvalue weighted by atomic mass is 10.0. The number of benzene rings is 1. The Hall–Kier alpha value is -2.63. The summed E-state index contributed by atoms with van der Waals surface area (Å²) in [7, 11) is 0. The zero-order valence-electron chi connectivity index (χ0n) is 20.8. The summed E-state index contributed by atoms with van der Waals surface area (Å²) in [6.45, 7) is 1.20. The first-order valence-corrected chi connectivity index (χ1v) is 13.8. The first kappa shape index (κ1) is 29.6. The van der Waals surface area contributed by atoms with Crippen LogP contribution in [0.3, 0.4) is 0 Å². The second-order valence-electron chi connectivity index (χ2n) is 8.93. The van der Waals surface area contributed by atoms with E-state index >= 15 is 0 Å². The monoisotopic (exact) mass is 521 g/mol. The lowest BCUT2D eigenvalue weighted by Crippen LogP contribution is -2.57. The third kappa shape index (κ3) is 10.2. The third-order valence-corrected chi connectivity index (χ3v) is 6.74. The minimum atomic E-state index is -1.16. The van der Waals surface area contributed by atoms with E-state index in [1.165, 1.54) is 0 Å². The van der Waals surface area contributed by atoms with Crippen LogP contribution < -0.4 is 27.0 Å². The number of carbonyl (C=O) groups is 4. The van der Waals surface area contributed by atoms with Crippen molar-refractivity contribution < 1.29 is 24.3 Å². The van der Waals surface area contributed by atoms with Crippen molar-refractivity contribution in [2.24, 2.45) is 5.73 Å². The summed E-state index contributed by atoms with van der Waals surface area (Å²) in [5, 5.41) is 21.0. The highest BCUT2D eigenvalue weighted by Crippen LogP contribution is 2.10. The molecule has 0 aromatic heterocycles. The van der Waals surface area contributed by atoms with Gasteiger partial charge in [0.25, 0.3) is 0 Å². The van der Waals surface area contributed by atoms with Crippen molar-refractivity contribution in [2.45, 2.75) is 69.1 Å². The molecule has 4 atom stereocenters. The first-order valence-electron chi connectivity index (χ1n) is 12.5. The van der Waals surface area contributed by atoms with E-state index in [1.807, 2.05) is 12.3 Å². The molecule has 1 heterocycles. The minimum absolute atomic E-state index is 0.117. The molecule has 0 radical (unpaired) electrons. The average Bonchev–Trinajstić information content (AvgIpc) is 3.41. The van der Waals surface area contributed by atoms with Crippen molar-refractivity contribution in [1.82, 2.24) is 21.3 Å². The summed E-state index contributed by atoms with van der Waals surface area (Å²) >= 11 is 1.56. The molecule has 1 aromatic rings. The van der Waals surface area contributed by atoms with Gasteiger partial charge in [0.15, 0.2) is 0 Å². The van der Waals surface area contributed by atoms with E-state index in [2.05, 4.69) is 21.3 Å². The Bertz CT molecular complexity index is 851. The van der Waals surface area contributed by atoms with Gasteiger partial charge in [0.2, 0.25) is 17.7 Å². The van der Waals surface area contributed by atoms with E-state index in [-0.39, 0.29) is 18.4 Å². The Morgan fingerprint density at radius 2 is 1.69 bits per heavy atom. The summed E-state index contributed by atoms with van der Waals surface area (Å²) in [6, 6.07) is 5.81. The van der Waals surface area contributed by atoms with Gasteiger partial charge in [-0.1, -0.05) is 30.3 Å². The maximum atomic E-state index is 13.2. The van der Waals surface area contributed by atoms with Crippen LogP contribution in [0.4, 0.5) is 0 Å². The van der Waals surface area contributed by atoms with Crippen molar-refractivity contribution in [3.8, 4) is 0 Å². The number of rotatable bonds is 16. The van der Waals surface area contributed by atoms with Gasteiger partial charge in [-0.2, -0.15) is 11.8 Å². The summed E-state index contributed by atoms with van der Waals surface area (Å²) in [4.78, 5) is 50.8. The lowest BCUT2D eigenvalue weighted by molar-refractivity contribution is -0.142. The van der Waals surface area contributed by atoms with Crippen molar-refractivity contribution in [2.75, 3.05) is 25.1 Å². The molecule has 200 valence electrons. The Morgan fingerprint density at radius 1 is 1.03 bits per heavy atom. The van der Waals surface area contributed by atoms with Gasteiger partial charge < -0.3 is 32.1 Å². The first-order chi connectivity index (χ1) is 17.3. The van der Waals surface area contributed by atoms with Gasteiger partial charge in [0.05, 0.1) is 6.04 Å². The molecule has 1 fully saturated rings. The molecular formula is C25H39N5O5S. The van der Waals surface area contributed by atoms with Gasteiger partial charge in [-0.15, -0.1) is 0 Å². The summed E-state index contributed by atoms with van der Waals surface area (Å²) in [5.41, 5.74) is 6.37. The van der Waals surface area contributed by atoms with Gasteiger partial charge >= 0.3 is 5.97 Å². The maximum absolute atomic E-state index is 13.2. The van der Waals surface area contributed by atoms with E-state index in [0.717, 1.165) is 18.5 Å². The molecule has 0 spiro atoms. The number of amides is 3. The summed E-state index contributed by atoms with van der Waals surface area (Å²) in [6.07, 6.45) is 5.60. The van der Waals surface area contributed by atoms with Crippen LogP contribution in [0.15, 0.2) is 30.3 Å². The molecule has 4 unspecified atom stereocenters. The van der Waals surface area contributed by atoms with Crippen molar-refractivity contribution in [1.29, 1.82) is 0 Å². The minimum Gasteiger partial charge on any atom is -0.480 e. The largest absolute Gasteiger partial charge is 0.480 e. The van der Waals surface area contributed by atoms with E-state index in [9.17, 15) is 24.3 Å². The highest BCUT2D eigenvalue weighted by Gasteiger charge is 2.31. The standard InChI is InChI=1S/C25H39N5O5S/c1-36-15-12-20(29-22(31)18-11-7-14-27-18)24(33)28-19(10-5-6-13-26)23(32)30-21(25(34)35)16-17-8-3-2-4-9-17/h2-4,8-9,18-21,27H,5-7,10-16,26H2,1H3,(H,28,33)(H,29,31)(H,30,32)(H,34,35). The highest BCUT2D eigenvalue weighted by atomic mass is 32.2. The van der Waals surface area contributed by atoms with Crippen LogP contribution in [0.1, 0.15) is 44.1 Å². The Labute approximate surface area is 216 Å². The molecule has 0 saturated carbocycles. The number of nitrogens with one attached hydrogen (secondary N) is 4. The van der Waals surface area contributed by atoms with Crippen LogP contribution in [0.25, 0.3) is 0 Å². The number of aliphatic carboxylic acids is 1. The second-order valence-corrected chi connectivity index (χ2v) is 9.91. The Morgan fingerprint density at radius 3 is 2.28 bits per heavy atom.